The average molecular weight is 281 g/mol. The van der Waals surface area contributed by atoms with Crippen LogP contribution < -0.4 is 5.73 Å². The SMILES string of the molecule is CCC(CC)n1ccc(COC2(CN)CCCOC2)n1. The van der Waals surface area contributed by atoms with Gasteiger partial charge in [0, 0.05) is 19.3 Å². The summed E-state index contributed by atoms with van der Waals surface area (Å²) < 4.78 is 13.6. The molecule has 1 aromatic rings. The lowest BCUT2D eigenvalue weighted by atomic mass is 9.96. The molecule has 1 aliphatic rings. The van der Waals surface area contributed by atoms with Gasteiger partial charge in [-0.15, -0.1) is 0 Å². The van der Waals surface area contributed by atoms with Crippen LogP contribution in [0.25, 0.3) is 0 Å². The van der Waals surface area contributed by atoms with Crippen LogP contribution in [-0.2, 0) is 16.1 Å². The van der Waals surface area contributed by atoms with Crippen LogP contribution >= 0.6 is 0 Å². The lowest BCUT2D eigenvalue weighted by molar-refractivity contribution is -0.130. The Morgan fingerprint density at radius 3 is 2.90 bits per heavy atom. The van der Waals surface area contributed by atoms with Crippen molar-refractivity contribution in [3.63, 3.8) is 0 Å². The van der Waals surface area contributed by atoms with Crippen molar-refractivity contribution in [3.05, 3.63) is 18.0 Å². The third kappa shape index (κ3) is 3.59. The van der Waals surface area contributed by atoms with Crippen LogP contribution in [0, 0.1) is 0 Å². The second kappa shape index (κ2) is 7.20. The Bertz CT molecular complexity index is 396. The molecule has 0 aliphatic carbocycles. The third-order valence-corrected chi connectivity index (χ3v) is 4.16. The molecule has 1 atom stereocenters. The van der Waals surface area contributed by atoms with E-state index in [2.05, 4.69) is 18.9 Å². The molecule has 1 aliphatic heterocycles. The highest BCUT2D eigenvalue weighted by Gasteiger charge is 2.32. The Morgan fingerprint density at radius 2 is 2.30 bits per heavy atom. The Labute approximate surface area is 121 Å². The van der Waals surface area contributed by atoms with Crippen LogP contribution in [0.2, 0.25) is 0 Å². The molecule has 20 heavy (non-hydrogen) atoms. The van der Waals surface area contributed by atoms with Crippen molar-refractivity contribution >= 4 is 0 Å². The van der Waals surface area contributed by atoms with Gasteiger partial charge in [0.25, 0.3) is 0 Å². The molecule has 5 heteroatoms. The minimum Gasteiger partial charge on any atom is -0.378 e. The van der Waals surface area contributed by atoms with Crippen LogP contribution in [-0.4, -0.2) is 35.1 Å². The predicted octanol–water partition coefficient (Wildman–Crippen LogP) is 2.27. The number of hydrogen-bond acceptors (Lipinski definition) is 4. The van der Waals surface area contributed by atoms with E-state index in [1.807, 2.05) is 16.9 Å². The molecular formula is C15H27N3O2. The van der Waals surface area contributed by atoms with Gasteiger partial charge in [-0.2, -0.15) is 5.10 Å². The van der Waals surface area contributed by atoms with Gasteiger partial charge >= 0.3 is 0 Å². The molecular weight excluding hydrogens is 254 g/mol. The molecule has 0 aromatic carbocycles. The normalized spacial score (nSPS) is 23.4. The highest BCUT2D eigenvalue weighted by molar-refractivity contribution is 4.99. The van der Waals surface area contributed by atoms with Gasteiger partial charge in [0.15, 0.2) is 0 Å². The summed E-state index contributed by atoms with van der Waals surface area (Å²) in [7, 11) is 0. The van der Waals surface area contributed by atoms with Crippen molar-refractivity contribution in [2.45, 2.75) is 57.8 Å². The zero-order valence-electron chi connectivity index (χ0n) is 12.7. The van der Waals surface area contributed by atoms with Crippen LogP contribution in [0.4, 0.5) is 0 Å². The summed E-state index contributed by atoms with van der Waals surface area (Å²) in [4.78, 5) is 0. The van der Waals surface area contributed by atoms with Crippen molar-refractivity contribution in [1.82, 2.24) is 9.78 Å². The van der Waals surface area contributed by atoms with Crippen molar-refractivity contribution < 1.29 is 9.47 Å². The minimum absolute atomic E-state index is 0.322. The summed E-state index contributed by atoms with van der Waals surface area (Å²) >= 11 is 0. The second-order valence-corrected chi connectivity index (χ2v) is 5.59. The fourth-order valence-electron chi connectivity index (χ4n) is 2.71. The van der Waals surface area contributed by atoms with Gasteiger partial charge < -0.3 is 15.2 Å². The van der Waals surface area contributed by atoms with E-state index in [4.69, 9.17) is 15.2 Å². The second-order valence-electron chi connectivity index (χ2n) is 5.59. The molecule has 0 saturated carbocycles. The maximum atomic E-state index is 6.04. The number of nitrogens with two attached hydrogens (primary N) is 1. The first-order valence-electron chi connectivity index (χ1n) is 7.69. The maximum Gasteiger partial charge on any atom is 0.104 e. The number of rotatable bonds is 7. The van der Waals surface area contributed by atoms with Gasteiger partial charge in [-0.1, -0.05) is 13.8 Å². The van der Waals surface area contributed by atoms with Gasteiger partial charge in [-0.05, 0) is 31.7 Å². The van der Waals surface area contributed by atoms with Gasteiger partial charge in [-0.25, -0.2) is 0 Å². The highest BCUT2D eigenvalue weighted by atomic mass is 16.5. The molecule has 2 rings (SSSR count). The standard InChI is InChI=1S/C15H27N3O2/c1-3-14(4-2)18-8-6-13(17-18)10-20-15(11-16)7-5-9-19-12-15/h6,8,14H,3-5,7,9-12,16H2,1-2H3. The maximum absolute atomic E-state index is 6.04. The molecule has 0 radical (unpaired) electrons. The molecule has 1 unspecified atom stereocenters. The Hall–Kier alpha value is -0.910. The molecule has 2 N–H and O–H groups in total. The minimum atomic E-state index is -0.322. The average Bonchev–Trinajstić information content (AvgIpc) is 2.96. The molecule has 1 saturated heterocycles. The lowest BCUT2D eigenvalue weighted by Crippen LogP contribution is -2.47. The van der Waals surface area contributed by atoms with Crippen LogP contribution in [0.1, 0.15) is 51.3 Å². The predicted molar refractivity (Wildman–Crippen MR) is 78.5 cm³/mol. The first-order valence-corrected chi connectivity index (χ1v) is 7.69. The monoisotopic (exact) mass is 281 g/mol. The molecule has 1 fully saturated rings. The quantitative estimate of drug-likeness (QED) is 0.833. The van der Waals surface area contributed by atoms with Crippen LogP contribution in [0.3, 0.4) is 0 Å². The van der Waals surface area contributed by atoms with Gasteiger partial charge in [0.1, 0.15) is 5.60 Å². The van der Waals surface area contributed by atoms with E-state index < -0.39 is 0 Å². The van der Waals surface area contributed by atoms with Gasteiger partial charge in [-0.3, -0.25) is 4.68 Å². The summed E-state index contributed by atoms with van der Waals surface area (Å²) in [5, 5.41) is 4.61. The summed E-state index contributed by atoms with van der Waals surface area (Å²) in [5.41, 5.74) is 6.51. The summed E-state index contributed by atoms with van der Waals surface area (Å²) in [6, 6.07) is 2.51. The fraction of sp³-hybridized carbons (Fsp3) is 0.800. The lowest BCUT2D eigenvalue weighted by Gasteiger charge is -2.35. The highest BCUT2D eigenvalue weighted by Crippen LogP contribution is 2.24. The topological polar surface area (TPSA) is 62.3 Å². The Morgan fingerprint density at radius 1 is 1.50 bits per heavy atom. The van der Waals surface area contributed by atoms with E-state index >= 15 is 0 Å². The zero-order valence-corrected chi connectivity index (χ0v) is 12.7. The molecule has 1 aromatic heterocycles. The van der Waals surface area contributed by atoms with E-state index in [9.17, 15) is 0 Å². The number of hydrogen-bond donors (Lipinski definition) is 1. The van der Waals surface area contributed by atoms with Crippen molar-refractivity contribution in [1.29, 1.82) is 0 Å². The van der Waals surface area contributed by atoms with E-state index in [1.165, 1.54) is 0 Å². The smallest absolute Gasteiger partial charge is 0.104 e. The molecule has 0 spiro atoms. The van der Waals surface area contributed by atoms with Crippen molar-refractivity contribution in [2.24, 2.45) is 5.73 Å². The summed E-state index contributed by atoms with van der Waals surface area (Å²) in [6.45, 7) is 6.79. The van der Waals surface area contributed by atoms with Gasteiger partial charge in [0.2, 0.25) is 0 Å². The van der Waals surface area contributed by atoms with Crippen molar-refractivity contribution in [2.75, 3.05) is 19.8 Å². The van der Waals surface area contributed by atoms with Crippen LogP contribution in [0.5, 0.6) is 0 Å². The zero-order chi connectivity index (χ0) is 14.4. The van der Waals surface area contributed by atoms with Crippen LogP contribution in [0.15, 0.2) is 12.3 Å². The Balaban J connectivity index is 1.93. The number of aromatic nitrogens is 2. The molecule has 114 valence electrons. The molecule has 0 bridgehead atoms. The van der Waals surface area contributed by atoms with E-state index in [0.717, 1.165) is 38.0 Å². The number of nitrogens with zero attached hydrogens (tertiary/aromatic N) is 2. The molecule has 5 nitrogen and oxygen atoms in total. The summed E-state index contributed by atoms with van der Waals surface area (Å²) in [6.07, 6.45) is 6.22. The first kappa shape index (κ1) is 15.5. The van der Waals surface area contributed by atoms with Gasteiger partial charge in [0.05, 0.1) is 24.9 Å². The Kier molecular flexibility index (Phi) is 5.57. The number of ether oxygens (including phenoxy) is 2. The third-order valence-electron chi connectivity index (χ3n) is 4.16. The van der Waals surface area contributed by atoms with E-state index in [0.29, 0.717) is 25.8 Å². The van der Waals surface area contributed by atoms with E-state index in [1.54, 1.807) is 0 Å². The molecule has 2 heterocycles. The largest absolute Gasteiger partial charge is 0.378 e. The molecule has 0 amide bonds. The summed E-state index contributed by atoms with van der Waals surface area (Å²) in [5.74, 6) is 0. The van der Waals surface area contributed by atoms with E-state index in [-0.39, 0.29) is 5.60 Å². The first-order chi connectivity index (χ1) is 9.73. The fourth-order valence-corrected chi connectivity index (χ4v) is 2.71. The van der Waals surface area contributed by atoms with Crippen molar-refractivity contribution in [3.8, 4) is 0 Å².